The Balaban J connectivity index is 0.898. The van der Waals surface area contributed by atoms with E-state index < -0.39 is 11.9 Å². The van der Waals surface area contributed by atoms with Gasteiger partial charge in [0, 0.05) is 12.0 Å². The summed E-state index contributed by atoms with van der Waals surface area (Å²) in [5.41, 5.74) is 4.45. The average Bonchev–Trinajstić information content (AvgIpc) is 3.73. The van der Waals surface area contributed by atoms with Crippen molar-refractivity contribution in [3.05, 3.63) is 124 Å². The molecule has 2 aliphatic rings. The SMILES string of the molecule is Cc1ccc2cc(C(=O)OCCc3ccc(OC(=O)c4ccc(CCCCOC(=O)C5CC6C=CC5C6)cc4)cc3)ccc2c1C=O. The zero-order valence-electron chi connectivity index (χ0n) is 26.5. The molecule has 0 spiro atoms. The van der Waals surface area contributed by atoms with Gasteiger partial charge in [-0.25, -0.2) is 9.59 Å². The lowest BCUT2D eigenvalue weighted by Gasteiger charge is -2.16. The second-order valence-electron chi connectivity index (χ2n) is 12.5. The molecule has 2 aliphatic carbocycles. The predicted molar refractivity (Wildman–Crippen MR) is 179 cm³/mol. The molecule has 0 heterocycles. The van der Waals surface area contributed by atoms with Crippen molar-refractivity contribution in [2.24, 2.45) is 17.8 Å². The third kappa shape index (κ3) is 7.68. The van der Waals surface area contributed by atoms with Crippen molar-refractivity contribution in [2.75, 3.05) is 13.2 Å². The first-order valence-electron chi connectivity index (χ1n) is 16.3. The number of rotatable bonds is 13. The molecule has 47 heavy (non-hydrogen) atoms. The van der Waals surface area contributed by atoms with Crippen LogP contribution >= 0.6 is 0 Å². The van der Waals surface area contributed by atoms with E-state index in [1.165, 1.54) is 0 Å². The first-order valence-corrected chi connectivity index (χ1v) is 16.3. The van der Waals surface area contributed by atoms with Crippen LogP contribution in [0, 0.1) is 24.7 Å². The minimum atomic E-state index is -0.439. The lowest BCUT2D eigenvalue weighted by Crippen LogP contribution is -2.22. The monoisotopic (exact) mass is 630 g/mol. The van der Waals surface area contributed by atoms with Crippen LogP contribution in [-0.4, -0.2) is 37.4 Å². The molecule has 3 atom stereocenters. The molecule has 0 aliphatic heterocycles. The first-order chi connectivity index (χ1) is 22.9. The molecule has 0 radical (unpaired) electrons. The number of benzene rings is 4. The van der Waals surface area contributed by atoms with Crippen LogP contribution in [-0.2, 0) is 27.1 Å². The molecule has 7 nitrogen and oxygen atoms in total. The predicted octanol–water partition coefficient (Wildman–Crippen LogP) is 7.66. The second-order valence-corrected chi connectivity index (χ2v) is 12.5. The smallest absolute Gasteiger partial charge is 0.343 e. The maximum atomic E-state index is 12.7. The van der Waals surface area contributed by atoms with Gasteiger partial charge in [0.15, 0.2) is 6.29 Å². The van der Waals surface area contributed by atoms with E-state index in [4.69, 9.17) is 14.2 Å². The van der Waals surface area contributed by atoms with E-state index in [2.05, 4.69) is 12.2 Å². The van der Waals surface area contributed by atoms with E-state index in [1.807, 2.05) is 43.3 Å². The molecule has 3 unspecified atom stereocenters. The van der Waals surface area contributed by atoms with Crippen molar-refractivity contribution < 1.29 is 33.4 Å². The van der Waals surface area contributed by atoms with Crippen LogP contribution in [0.4, 0.5) is 0 Å². The molecule has 240 valence electrons. The molecule has 0 amide bonds. The van der Waals surface area contributed by atoms with E-state index >= 15 is 0 Å². The van der Waals surface area contributed by atoms with E-state index in [0.29, 0.717) is 47.3 Å². The standard InChI is InChI=1S/C40H38O7/c1-26-5-11-32-24-33(15-18-35(32)37(26)25-41)38(42)46-21-19-28-9-16-34(17-10-28)47-39(43)30-12-6-27(7-13-30)4-2-3-20-45-40(44)36-23-29-8-14-31(36)22-29/h5-18,24-25,29,31,36H,2-4,19-23H2,1H3. The molecular formula is C40H38O7. The van der Waals surface area contributed by atoms with Crippen LogP contribution in [0.15, 0.2) is 91.0 Å². The van der Waals surface area contributed by atoms with Gasteiger partial charge >= 0.3 is 17.9 Å². The number of hydrogen-bond acceptors (Lipinski definition) is 7. The zero-order chi connectivity index (χ0) is 32.8. The van der Waals surface area contributed by atoms with Gasteiger partial charge in [-0.3, -0.25) is 9.59 Å². The summed E-state index contributed by atoms with van der Waals surface area (Å²) >= 11 is 0. The fourth-order valence-electron chi connectivity index (χ4n) is 6.55. The van der Waals surface area contributed by atoms with Crippen molar-refractivity contribution >= 4 is 35.0 Å². The zero-order valence-corrected chi connectivity index (χ0v) is 26.5. The van der Waals surface area contributed by atoms with Gasteiger partial charge in [-0.15, -0.1) is 0 Å². The van der Waals surface area contributed by atoms with Gasteiger partial charge in [0.2, 0.25) is 0 Å². The minimum absolute atomic E-state index is 0.0418. The van der Waals surface area contributed by atoms with Gasteiger partial charge in [-0.2, -0.15) is 0 Å². The van der Waals surface area contributed by atoms with Gasteiger partial charge in [-0.05, 0) is 115 Å². The van der Waals surface area contributed by atoms with Crippen LogP contribution in [0.25, 0.3) is 10.8 Å². The van der Waals surface area contributed by atoms with Crippen LogP contribution in [0.2, 0.25) is 0 Å². The Labute approximate surface area is 274 Å². The number of carbonyl (C=O) groups excluding carboxylic acids is 4. The lowest BCUT2D eigenvalue weighted by atomic mass is 9.94. The van der Waals surface area contributed by atoms with Gasteiger partial charge in [0.25, 0.3) is 0 Å². The van der Waals surface area contributed by atoms with Gasteiger partial charge in [0.1, 0.15) is 5.75 Å². The summed E-state index contributed by atoms with van der Waals surface area (Å²) in [7, 11) is 0. The van der Waals surface area contributed by atoms with Crippen molar-refractivity contribution in [3.8, 4) is 5.75 Å². The van der Waals surface area contributed by atoms with Crippen molar-refractivity contribution in [1.29, 1.82) is 0 Å². The number of allylic oxidation sites excluding steroid dienone is 2. The molecule has 2 bridgehead atoms. The first kappa shape index (κ1) is 31.9. The Morgan fingerprint density at radius 2 is 1.49 bits per heavy atom. The Kier molecular flexibility index (Phi) is 9.91. The Bertz CT molecular complexity index is 1800. The maximum Gasteiger partial charge on any atom is 0.343 e. The van der Waals surface area contributed by atoms with E-state index in [0.717, 1.165) is 65.9 Å². The highest BCUT2D eigenvalue weighted by atomic mass is 16.5. The van der Waals surface area contributed by atoms with Crippen LogP contribution < -0.4 is 4.74 Å². The van der Waals surface area contributed by atoms with Crippen LogP contribution in [0.5, 0.6) is 5.75 Å². The van der Waals surface area contributed by atoms with Crippen molar-refractivity contribution in [1.82, 2.24) is 0 Å². The fraction of sp³-hybridized carbons (Fsp3) is 0.300. The highest BCUT2D eigenvalue weighted by Gasteiger charge is 2.40. The number of ether oxygens (including phenoxy) is 3. The number of aldehydes is 1. The highest BCUT2D eigenvalue weighted by molar-refractivity contribution is 6.02. The van der Waals surface area contributed by atoms with Crippen LogP contribution in [0.1, 0.15) is 73.4 Å². The number of esters is 3. The van der Waals surface area contributed by atoms with Gasteiger partial charge < -0.3 is 14.2 Å². The van der Waals surface area contributed by atoms with Gasteiger partial charge in [0.05, 0.1) is 30.3 Å². The van der Waals surface area contributed by atoms with Crippen LogP contribution in [0.3, 0.4) is 0 Å². The number of hydrogen-bond donors (Lipinski definition) is 0. The van der Waals surface area contributed by atoms with Gasteiger partial charge in [-0.1, -0.05) is 54.6 Å². The van der Waals surface area contributed by atoms with E-state index in [9.17, 15) is 19.2 Å². The molecule has 0 aromatic heterocycles. The fourth-order valence-corrected chi connectivity index (χ4v) is 6.55. The Hall–Kier alpha value is -5.04. The maximum absolute atomic E-state index is 12.7. The molecule has 1 saturated carbocycles. The Morgan fingerprint density at radius 3 is 2.21 bits per heavy atom. The summed E-state index contributed by atoms with van der Waals surface area (Å²) in [5.74, 6) is 0.479. The van der Waals surface area contributed by atoms with Crippen molar-refractivity contribution in [2.45, 2.75) is 45.4 Å². The second kappa shape index (κ2) is 14.6. The third-order valence-electron chi connectivity index (χ3n) is 9.27. The largest absolute Gasteiger partial charge is 0.465 e. The normalized spacial score (nSPS) is 17.9. The number of fused-ring (bicyclic) bond motifs is 3. The minimum Gasteiger partial charge on any atom is -0.465 e. The van der Waals surface area contributed by atoms with E-state index in [-0.39, 0.29) is 18.5 Å². The summed E-state index contributed by atoms with van der Waals surface area (Å²) in [6.07, 6.45) is 10.3. The average molecular weight is 631 g/mol. The molecule has 6 rings (SSSR count). The highest BCUT2D eigenvalue weighted by Crippen LogP contribution is 2.43. The Morgan fingerprint density at radius 1 is 0.745 bits per heavy atom. The molecular weight excluding hydrogens is 592 g/mol. The topological polar surface area (TPSA) is 96.0 Å². The van der Waals surface area contributed by atoms with E-state index in [1.54, 1.807) is 42.5 Å². The molecule has 0 saturated heterocycles. The molecule has 1 fully saturated rings. The lowest BCUT2D eigenvalue weighted by molar-refractivity contribution is -0.149. The molecule has 0 N–H and O–H groups in total. The summed E-state index contributed by atoms with van der Waals surface area (Å²) in [6.45, 7) is 2.52. The number of unbranched alkanes of at least 4 members (excludes halogenated alkanes) is 1. The molecule has 4 aromatic carbocycles. The number of carbonyl (C=O) groups is 4. The summed E-state index contributed by atoms with van der Waals surface area (Å²) in [4.78, 5) is 49.1. The summed E-state index contributed by atoms with van der Waals surface area (Å²) in [6, 6.07) is 23.4. The molecule has 4 aromatic rings. The summed E-state index contributed by atoms with van der Waals surface area (Å²) in [5, 5.41) is 1.61. The summed E-state index contributed by atoms with van der Waals surface area (Å²) < 4.78 is 16.6. The third-order valence-corrected chi connectivity index (χ3v) is 9.27. The quantitative estimate of drug-likeness (QED) is 0.0492. The molecule has 7 heteroatoms. The van der Waals surface area contributed by atoms with Crippen molar-refractivity contribution in [3.63, 3.8) is 0 Å². The number of aryl methyl sites for hydroxylation is 2.